The normalized spacial score (nSPS) is 11.6. The molecule has 1 amide bonds. The van der Waals surface area contributed by atoms with Gasteiger partial charge in [0.15, 0.2) is 0 Å². The van der Waals surface area contributed by atoms with Gasteiger partial charge in [-0.1, -0.05) is 12.1 Å². The second-order valence-corrected chi connectivity index (χ2v) is 7.92. The molecule has 0 radical (unpaired) electrons. The molecule has 0 aliphatic carbocycles. The molecule has 2 aromatic carbocycles. The first kappa shape index (κ1) is 24.3. The summed E-state index contributed by atoms with van der Waals surface area (Å²) in [4.78, 5) is 21.3. The Kier molecular flexibility index (Phi) is 7.75. The molecule has 0 N–H and O–H groups in total. The van der Waals surface area contributed by atoms with E-state index in [1.807, 2.05) is 23.6 Å². The van der Waals surface area contributed by atoms with Crippen LogP contribution in [0, 0.1) is 0 Å². The van der Waals surface area contributed by atoms with E-state index in [-0.39, 0.29) is 12.5 Å². The van der Waals surface area contributed by atoms with Crippen LogP contribution in [0.25, 0.3) is 0 Å². The van der Waals surface area contributed by atoms with Crippen LogP contribution in [-0.2, 0) is 19.3 Å². The molecule has 0 bridgehead atoms. The van der Waals surface area contributed by atoms with Gasteiger partial charge in [-0.3, -0.25) is 4.79 Å². The van der Waals surface area contributed by atoms with Crippen molar-refractivity contribution in [3.63, 3.8) is 0 Å². The highest BCUT2D eigenvalue weighted by Crippen LogP contribution is 2.29. The fraction of sp³-hybridized carbons (Fsp3) is 0.333. The Balaban J connectivity index is 1.77. The monoisotopic (exact) mass is 460 g/mol. The van der Waals surface area contributed by atoms with Crippen LogP contribution in [0.4, 0.5) is 13.2 Å². The van der Waals surface area contributed by atoms with E-state index in [2.05, 4.69) is 4.98 Å². The first-order chi connectivity index (χ1) is 15.7. The average molecular weight is 461 g/mol. The van der Waals surface area contributed by atoms with Gasteiger partial charge in [0.1, 0.15) is 11.6 Å². The average Bonchev–Trinajstić information content (AvgIpc) is 3.22. The standard InChI is InChI=1S/C24H27F3N4O2/c1-29(2)14-15-31(23(32)19-6-10-21(33-3)11-7-19)17-22-28-12-13-30(22)16-18-4-8-20(9-5-18)24(25,26)27/h4-13H,14-17H2,1-3H3. The number of hydrogen-bond acceptors (Lipinski definition) is 4. The van der Waals surface area contributed by atoms with Gasteiger partial charge < -0.3 is 19.1 Å². The number of imidazole rings is 1. The van der Waals surface area contributed by atoms with Crippen LogP contribution < -0.4 is 4.74 Å². The maximum absolute atomic E-state index is 13.2. The summed E-state index contributed by atoms with van der Waals surface area (Å²) in [5, 5.41) is 0. The van der Waals surface area contributed by atoms with Gasteiger partial charge in [-0.2, -0.15) is 13.2 Å². The van der Waals surface area contributed by atoms with Crippen LogP contribution in [0.1, 0.15) is 27.3 Å². The van der Waals surface area contributed by atoms with Crippen molar-refractivity contribution >= 4 is 5.91 Å². The molecule has 0 unspecified atom stereocenters. The Morgan fingerprint density at radius 2 is 1.70 bits per heavy atom. The van der Waals surface area contributed by atoms with E-state index in [9.17, 15) is 18.0 Å². The van der Waals surface area contributed by atoms with E-state index in [0.717, 1.165) is 12.1 Å². The van der Waals surface area contributed by atoms with Crippen molar-refractivity contribution in [1.29, 1.82) is 0 Å². The quantitative estimate of drug-likeness (QED) is 0.481. The third-order valence-corrected chi connectivity index (χ3v) is 5.21. The van der Waals surface area contributed by atoms with E-state index in [4.69, 9.17) is 4.74 Å². The SMILES string of the molecule is COc1ccc(C(=O)N(CCN(C)C)Cc2nccn2Cc2ccc(C(F)(F)F)cc2)cc1. The molecule has 0 aliphatic rings. The van der Waals surface area contributed by atoms with E-state index in [1.54, 1.807) is 48.7 Å². The molecule has 3 rings (SSSR count). The summed E-state index contributed by atoms with van der Waals surface area (Å²) in [7, 11) is 5.43. The molecule has 0 atom stereocenters. The molecular formula is C24H27F3N4O2. The Morgan fingerprint density at radius 1 is 1.03 bits per heavy atom. The van der Waals surface area contributed by atoms with Crippen molar-refractivity contribution in [2.45, 2.75) is 19.3 Å². The number of carbonyl (C=O) groups is 1. The zero-order chi connectivity index (χ0) is 24.0. The number of hydrogen-bond donors (Lipinski definition) is 0. The zero-order valence-corrected chi connectivity index (χ0v) is 18.8. The summed E-state index contributed by atoms with van der Waals surface area (Å²) >= 11 is 0. The van der Waals surface area contributed by atoms with Gasteiger partial charge >= 0.3 is 6.18 Å². The molecule has 0 aliphatic heterocycles. The highest BCUT2D eigenvalue weighted by molar-refractivity contribution is 5.94. The number of aromatic nitrogens is 2. The van der Waals surface area contributed by atoms with Crippen LogP contribution >= 0.6 is 0 Å². The molecule has 0 spiro atoms. The molecular weight excluding hydrogens is 433 g/mol. The number of halogens is 3. The minimum Gasteiger partial charge on any atom is -0.497 e. The zero-order valence-electron chi connectivity index (χ0n) is 18.8. The largest absolute Gasteiger partial charge is 0.497 e. The van der Waals surface area contributed by atoms with Crippen LogP contribution in [-0.4, -0.2) is 59.6 Å². The van der Waals surface area contributed by atoms with E-state index in [0.29, 0.717) is 42.3 Å². The fourth-order valence-electron chi connectivity index (χ4n) is 3.29. The molecule has 6 nitrogen and oxygen atoms in total. The second kappa shape index (κ2) is 10.5. The third-order valence-electron chi connectivity index (χ3n) is 5.21. The number of benzene rings is 2. The molecule has 3 aromatic rings. The summed E-state index contributed by atoms with van der Waals surface area (Å²) < 4.78 is 45.5. The highest BCUT2D eigenvalue weighted by Gasteiger charge is 2.30. The highest BCUT2D eigenvalue weighted by atomic mass is 19.4. The predicted octanol–water partition coefficient (Wildman–Crippen LogP) is 4.16. The lowest BCUT2D eigenvalue weighted by Crippen LogP contribution is -2.37. The Hall–Kier alpha value is -3.33. The molecule has 33 heavy (non-hydrogen) atoms. The van der Waals surface area contributed by atoms with Gasteiger partial charge in [0.2, 0.25) is 0 Å². The Bertz CT molecular complexity index is 1040. The van der Waals surface area contributed by atoms with Gasteiger partial charge in [0.05, 0.1) is 19.2 Å². The number of carbonyl (C=O) groups excluding carboxylic acids is 1. The number of alkyl halides is 3. The van der Waals surface area contributed by atoms with Crippen molar-refractivity contribution in [1.82, 2.24) is 19.4 Å². The number of likely N-dealkylation sites (N-methyl/N-ethyl adjacent to an activating group) is 1. The van der Waals surface area contributed by atoms with Gasteiger partial charge in [-0.25, -0.2) is 4.98 Å². The summed E-state index contributed by atoms with van der Waals surface area (Å²) in [6, 6.07) is 12.0. The predicted molar refractivity (Wildman–Crippen MR) is 119 cm³/mol. The van der Waals surface area contributed by atoms with E-state index >= 15 is 0 Å². The van der Waals surface area contributed by atoms with Crippen LogP contribution in [0.3, 0.4) is 0 Å². The minimum absolute atomic E-state index is 0.136. The van der Waals surface area contributed by atoms with Gasteiger partial charge in [-0.05, 0) is 56.1 Å². The molecule has 176 valence electrons. The van der Waals surface area contributed by atoms with Crippen molar-refractivity contribution in [3.05, 3.63) is 83.4 Å². The van der Waals surface area contributed by atoms with Crippen LogP contribution in [0.5, 0.6) is 5.75 Å². The molecule has 0 saturated carbocycles. The second-order valence-electron chi connectivity index (χ2n) is 7.92. The lowest BCUT2D eigenvalue weighted by atomic mass is 10.1. The summed E-state index contributed by atoms with van der Waals surface area (Å²) in [5.41, 5.74) is 0.566. The van der Waals surface area contributed by atoms with Gasteiger partial charge in [-0.15, -0.1) is 0 Å². The van der Waals surface area contributed by atoms with Crippen molar-refractivity contribution < 1.29 is 22.7 Å². The van der Waals surface area contributed by atoms with Gasteiger partial charge in [0, 0.05) is 37.6 Å². The lowest BCUT2D eigenvalue weighted by Gasteiger charge is -2.25. The Labute approximate surface area is 191 Å². The van der Waals surface area contributed by atoms with E-state index < -0.39 is 11.7 Å². The first-order valence-electron chi connectivity index (χ1n) is 10.4. The molecule has 1 aromatic heterocycles. The molecule has 1 heterocycles. The molecule has 9 heteroatoms. The van der Waals surface area contributed by atoms with Crippen molar-refractivity contribution in [2.24, 2.45) is 0 Å². The van der Waals surface area contributed by atoms with Crippen LogP contribution in [0.15, 0.2) is 60.9 Å². The molecule has 0 saturated heterocycles. The van der Waals surface area contributed by atoms with Crippen molar-refractivity contribution in [2.75, 3.05) is 34.3 Å². The maximum Gasteiger partial charge on any atom is 0.416 e. The third kappa shape index (κ3) is 6.58. The topological polar surface area (TPSA) is 50.6 Å². The number of nitrogens with zero attached hydrogens (tertiary/aromatic N) is 4. The summed E-state index contributed by atoms with van der Waals surface area (Å²) in [6.07, 6.45) is -0.982. The number of rotatable bonds is 9. The molecule has 0 fully saturated rings. The van der Waals surface area contributed by atoms with Crippen molar-refractivity contribution in [3.8, 4) is 5.75 Å². The van der Waals surface area contributed by atoms with Crippen LogP contribution in [0.2, 0.25) is 0 Å². The number of amides is 1. The lowest BCUT2D eigenvalue weighted by molar-refractivity contribution is -0.137. The Morgan fingerprint density at radius 3 is 2.27 bits per heavy atom. The summed E-state index contributed by atoms with van der Waals surface area (Å²) in [6.45, 7) is 1.78. The van der Waals surface area contributed by atoms with Gasteiger partial charge in [0.25, 0.3) is 5.91 Å². The minimum atomic E-state index is -4.37. The summed E-state index contributed by atoms with van der Waals surface area (Å²) in [5.74, 6) is 1.18. The number of ether oxygens (including phenoxy) is 1. The number of methoxy groups -OCH3 is 1. The first-order valence-corrected chi connectivity index (χ1v) is 10.4. The smallest absolute Gasteiger partial charge is 0.416 e. The van der Waals surface area contributed by atoms with E-state index in [1.165, 1.54) is 12.1 Å². The fourth-order valence-corrected chi connectivity index (χ4v) is 3.29. The maximum atomic E-state index is 13.2.